The highest BCUT2D eigenvalue weighted by molar-refractivity contribution is 5.75. The maximum absolute atomic E-state index is 10.3. The second-order valence-electron chi connectivity index (χ2n) is 5.06. The molecule has 0 aliphatic rings. The van der Waals surface area contributed by atoms with Crippen LogP contribution in [0.2, 0.25) is 0 Å². The molecule has 0 fully saturated rings. The summed E-state index contributed by atoms with van der Waals surface area (Å²) in [5.74, 6) is 1.32. The van der Waals surface area contributed by atoms with Gasteiger partial charge in [-0.1, -0.05) is 24.3 Å². The number of nitrogens with one attached hydrogen (secondary N) is 2. The lowest BCUT2D eigenvalue weighted by molar-refractivity contribution is 0.167. The molecule has 4 aromatic rings. The van der Waals surface area contributed by atoms with Crippen LogP contribution >= 0.6 is 0 Å². The Labute approximate surface area is 120 Å². The van der Waals surface area contributed by atoms with Gasteiger partial charge in [-0.05, 0) is 24.3 Å². The van der Waals surface area contributed by atoms with Crippen molar-refractivity contribution in [3.05, 3.63) is 60.2 Å². The number of aromatic nitrogens is 4. The molecule has 0 aliphatic heterocycles. The molecular formula is C16H14N4O. The van der Waals surface area contributed by atoms with Crippen LogP contribution in [0.5, 0.6) is 0 Å². The van der Waals surface area contributed by atoms with Crippen LogP contribution in [-0.4, -0.2) is 25.0 Å². The number of aromatic amines is 2. The summed E-state index contributed by atoms with van der Waals surface area (Å²) in [6, 6.07) is 15.6. The Kier molecular flexibility index (Phi) is 2.72. The summed E-state index contributed by atoms with van der Waals surface area (Å²) < 4.78 is 0. The summed E-state index contributed by atoms with van der Waals surface area (Å²) in [5.41, 5.74) is 3.67. The maximum Gasteiger partial charge on any atom is 0.136 e. The van der Waals surface area contributed by atoms with Gasteiger partial charge in [-0.25, -0.2) is 9.97 Å². The average Bonchev–Trinajstić information content (AvgIpc) is 3.10. The van der Waals surface area contributed by atoms with E-state index < -0.39 is 6.10 Å². The number of imidazole rings is 2. The van der Waals surface area contributed by atoms with E-state index in [1.807, 2.05) is 48.5 Å². The van der Waals surface area contributed by atoms with Gasteiger partial charge in [-0.15, -0.1) is 0 Å². The van der Waals surface area contributed by atoms with Crippen molar-refractivity contribution in [1.82, 2.24) is 19.9 Å². The third-order valence-electron chi connectivity index (χ3n) is 3.55. The third-order valence-corrected chi connectivity index (χ3v) is 3.55. The monoisotopic (exact) mass is 278 g/mol. The molecule has 5 heteroatoms. The number of rotatable bonds is 3. The SMILES string of the molecule is O[C@H](Cc1nc2ccccc2[nH]1)c1nc2ccccc2[nH]1. The first kappa shape index (κ1) is 12.1. The van der Waals surface area contributed by atoms with Gasteiger partial charge in [0.2, 0.25) is 0 Å². The van der Waals surface area contributed by atoms with Crippen molar-refractivity contribution < 1.29 is 5.11 Å². The highest BCUT2D eigenvalue weighted by Crippen LogP contribution is 2.19. The fourth-order valence-electron chi connectivity index (χ4n) is 2.51. The minimum atomic E-state index is -0.710. The molecule has 5 nitrogen and oxygen atoms in total. The smallest absolute Gasteiger partial charge is 0.136 e. The van der Waals surface area contributed by atoms with Crippen LogP contribution in [0, 0.1) is 0 Å². The molecule has 0 saturated carbocycles. The van der Waals surface area contributed by atoms with Gasteiger partial charge in [0.05, 0.1) is 22.1 Å². The number of benzene rings is 2. The zero-order valence-electron chi connectivity index (χ0n) is 11.2. The van der Waals surface area contributed by atoms with Crippen LogP contribution in [0.3, 0.4) is 0 Å². The van der Waals surface area contributed by atoms with Gasteiger partial charge in [0.25, 0.3) is 0 Å². The van der Waals surface area contributed by atoms with Gasteiger partial charge in [0, 0.05) is 6.42 Å². The largest absolute Gasteiger partial charge is 0.385 e. The number of nitrogens with zero attached hydrogens (tertiary/aromatic N) is 2. The summed E-state index contributed by atoms with van der Waals surface area (Å²) >= 11 is 0. The van der Waals surface area contributed by atoms with Crippen LogP contribution in [0.1, 0.15) is 17.8 Å². The molecule has 0 saturated heterocycles. The molecule has 2 aromatic heterocycles. The average molecular weight is 278 g/mol. The molecule has 0 aliphatic carbocycles. The Morgan fingerprint density at radius 1 is 0.857 bits per heavy atom. The van der Waals surface area contributed by atoms with Crippen molar-refractivity contribution in [2.75, 3.05) is 0 Å². The standard InChI is InChI=1S/C16H14N4O/c21-14(16-19-12-7-3-4-8-13(12)20-16)9-15-17-10-5-1-2-6-11(10)18-15/h1-8,14,21H,9H2,(H,17,18)(H,19,20)/t14-/m1/s1. The lowest BCUT2D eigenvalue weighted by Gasteiger charge is -2.04. The van der Waals surface area contributed by atoms with Crippen LogP contribution in [-0.2, 0) is 6.42 Å². The van der Waals surface area contributed by atoms with Gasteiger partial charge in [0.1, 0.15) is 17.8 Å². The molecular weight excluding hydrogens is 264 g/mol. The molecule has 104 valence electrons. The number of hydrogen-bond donors (Lipinski definition) is 3. The Morgan fingerprint density at radius 2 is 1.48 bits per heavy atom. The number of aliphatic hydroxyl groups excluding tert-OH is 1. The van der Waals surface area contributed by atoms with Gasteiger partial charge in [-0.2, -0.15) is 0 Å². The van der Waals surface area contributed by atoms with E-state index in [4.69, 9.17) is 0 Å². The summed E-state index contributed by atoms with van der Waals surface area (Å²) in [5, 5.41) is 10.3. The fraction of sp³-hybridized carbons (Fsp3) is 0.125. The number of hydrogen-bond acceptors (Lipinski definition) is 3. The molecule has 1 atom stereocenters. The number of para-hydroxylation sites is 4. The molecule has 2 heterocycles. The number of H-pyrrole nitrogens is 2. The molecule has 0 amide bonds. The Hall–Kier alpha value is -2.66. The van der Waals surface area contributed by atoms with E-state index in [9.17, 15) is 5.11 Å². The minimum Gasteiger partial charge on any atom is -0.385 e. The molecule has 21 heavy (non-hydrogen) atoms. The van der Waals surface area contributed by atoms with E-state index in [0.29, 0.717) is 12.2 Å². The van der Waals surface area contributed by atoms with Crippen molar-refractivity contribution >= 4 is 22.1 Å². The second kappa shape index (κ2) is 4.71. The van der Waals surface area contributed by atoms with Crippen molar-refractivity contribution in [1.29, 1.82) is 0 Å². The van der Waals surface area contributed by atoms with Gasteiger partial charge in [0.15, 0.2) is 0 Å². The van der Waals surface area contributed by atoms with Crippen molar-refractivity contribution in [3.8, 4) is 0 Å². The lowest BCUT2D eigenvalue weighted by Crippen LogP contribution is -2.05. The topological polar surface area (TPSA) is 77.6 Å². The van der Waals surface area contributed by atoms with Crippen LogP contribution in [0.25, 0.3) is 22.1 Å². The molecule has 0 unspecified atom stereocenters. The fourth-order valence-corrected chi connectivity index (χ4v) is 2.51. The van der Waals surface area contributed by atoms with Crippen LogP contribution < -0.4 is 0 Å². The number of aliphatic hydroxyl groups is 1. The Bertz CT molecular complexity index is 843. The molecule has 0 radical (unpaired) electrons. The van der Waals surface area contributed by atoms with E-state index in [1.165, 1.54) is 0 Å². The normalized spacial score (nSPS) is 13.0. The van der Waals surface area contributed by atoms with Gasteiger partial charge < -0.3 is 15.1 Å². The van der Waals surface area contributed by atoms with Crippen molar-refractivity contribution in [2.45, 2.75) is 12.5 Å². The van der Waals surface area contributed by atoms with Crippen molar-refractivity contribution in [2.24, 2.45) is 0 Å². The zero-order valence-corrected chi connectivity index (χ0v) is 11.2. The highest BCUT2D eigenvalue weighted by Gasteiger charge is 2.15. The third kappa shape index (κ3) is 2.17. The van der Waals surface area contributed by atoms with E-state index in [1.54, 1.807) is 0 Å². The van der Waals surface area contributed by atoms with E-state index in [2.05, 4.69) is 19.9 Å². The van der Waals surface area contributed by atoms with Gasteiger partial charge >= 0.3 is 0 Å². The second-order valence-corrected chi connectivity index (χ2v) is 5.06. The summed E-state index contributed by atoms with van der Waals surface area (Å²) in [4.78, 5) is 15.3. The molecule has 3 N–H and O–H groups in total. The quantitative estimate of drug-likeness (QED) is 0.539. The predicted molar refractivity (Wildman–Crippen MR) is 80.9 cm³/mol. The zero-order chi connectivity index (χ0) is 14.2. The van der Waals surface area contributed by atoms with Crippen LogP contribution in [0.15, 0.2) is 48.5 Å². The molecule has 2 aromatic carbocycles. The molecule has 0 spiro atoms. The minimum absolute atomic E-state index is 0.397. The van der Waals surface area contributed by atoms with Crippen molar-refractivity contribution in [3.63, 3.8) is 0 Å². The number of fused-ring (bicyclic) bond motifs is 2. The molecule has 4 rings (SSSR count). The van der Waals surface area contributed by atoms with E-state index in [-0.39, 0.29) is 0 Å². The van der Waals surface area contributed by atoms with Crippen LogP contribution in [0.4, 0.5) is 0 Å². The predicted octanol–water partition coefficient (Wildman–Crippen LogP) is 2.72. The van der Waals surface area contributed by atoms with E-state index in [0.717, 1.165) is 27.9 Å². The lowest BCUT2D eigenvalue weighted by atomic mass is 10.2. The first-order valence-corrected chi connectivity index (χ1v) is 6.86. The first-order valence-electron chi connectivity index (χ1n) is 6.86. The first-order chi connectivity index (χ1) is 10.3. The summed E-state index contributed by atoms with van der Waals surface area (Å²) in [7, 11) is 0. The summed E-state index contributed by atoms with van der Waals surface area (Å²) in [6.07, 6.45) is -0.313. The Balaban J connectivity index is 1.63. The Morgan fingerprint density at radius 3 is 2.14 bits per heavy atom. The van der Waals surface area contributed by atoms with Gasteiger partial charge in [-0.3, -0.25) is 0 Å². The summed E-state index contributed by atoms with van der Waals surface area (Å²) in [6.45, 7) is 0. The maximum atomic E-state index is 10.3. The molecule has 0 bridgehead atoms. The highest BCUT2D eigenvalue weighted by atomic mass is 16.3. The van der Waals surface area contributed by atoms with E-state index >= 15 is 0 Å².